The number of thiazole rings is 1. The van der Waals surface area contributed by atoms with E-state index >= 15 is 0 Å². The first-order valence-corrected chi connectivity index (χ1v) is 9.72. The van der Waals surface area contributed by atoms with Gasteiger partial charge in [-0.25, -0.2) is 9.78 Å². The van der Waals surface area contributed by atoms with Crippen molar-refractivity contribution in [3.8, 4) is 11.3 Å². The number of aryl methyl sites for hydroxylation is 1. The summed E-state index contributed by atoms with van der Waals surface area (Å²) in [5.74, 6) is 0. The fraction of sp³-hybridized carbons (Fsp3) is 0.474. The first-order chi connectivity index (χ1) is 12.7. The third-order valence-electron chi connectivity index (χ3n) is 4.33. The van der Waals surface area contributed by atoms with E-state index < -0.39 is 0 Å². The third-order valence-corrected chi connectivity index (χ3v) is 5.10. The molecule has 1 saturated heterocycles. The molecule has 1 aliphatic heterocycles. The SMILES string of the molecule is COCCN(CC1CCCO1)C(=O)Nc1cccc(-c2csc(C)n2)c1. The number of carbonyl (C=O) groups is 1. The Morgan fingerprint density at radius 1 is 1.50 bits per heavy atom. The summed E-state index contributed by atoms with van der Waals surface area (Å²) in [5, 5.41) is 6.04. The number of nitrogens with zero attached hydrogens (tertiary/aromatic N) is 2. The van der Waals surface area contributed by atoms with Crippen LogP contribution >= 0.6 is 11.3 Å². The Hall–Kier alpha value is -1.96. The molecule has 7 heteroatoms. The van der Waals surface area contributed by atoms with Crippen LogP contribution in [0.3, 0.4) is 0 Å². The number of anilines is 1. The summed E-state index contributed by atoms with van der Waals surface area (Å²) in [6.07, 6.45) is 2.16. The van der Waals surface area contributed by atoms with Crippen molar-refractivity contribution in [1.29, 1.82) is 0 Å². The normalized spacial score (nSPS) is 16.6. The van der Waals surface area contributed by atoms with E-state index in [1.165, 1.54) is 0 Å². The summed E-state index contributed by atoms with van der Waals surface area (Å²) in [7, 11) is 1.64. The molecule has 26 heavy (non-hydrogen) atoms. The van der Waals surface area contributed by atoms with Gasteiger partial charge in [-0.05, 0) is 31.9 Å². The number of ether oxygens (including phenoxy) is 2. The molecule has 0 saturated carbocycles. The Bertz CT molecular complexity index is 728. The molecule has 0 aliphatic carbocycles. The number of amides is 2. The molecule has 140 valence electrons. The van der Waals surface area contributed by atoms with Crippen molar-refractivity contribution in [2.45, 2.75) is 25.9 Å². The summed E-state index contributed by atoms with van der Waals surface area (Å²) in [4.78, 5) is 19.0. The van der Waals surface area contributed by atoms with Gasteiger partial charge in [-0.3, -0.25) is 0 Å². The molecule has 2 amide bonds. The molecule has 1 aliphatic rings. The second-order valence-corrected chi connectivity index (χ2v) is 7.40. The van der Waals surface area contributed by atoms with Gasteiger partial charge in [-0.1, -0.05) is 12.1 Å². The molecule has 1 fully saturated rings. The van der Waals surface area contributed by atoms with Gasteiger partial charge in [0.2, 0.25) is 0 Å². The predicted octanol–water partition coefficient (Wildman–Crippen LogP) is 3.78. The Morgan fingerprint density at radius 2 is 2.38 bits per heavy atom. The van der Waals surface area contributed by atoms with Crippen LogP contribution < -0.4 is 5.32 Å². The van der Waals surface area contributed by atoms with Gasteiger partial charge in [0.1, 0.15) is 0 Å². The summed E-state index contributed by atoms with van der Waals surface area (Å²) < 4.78 is 10.8. The molecule has 0 radical (unpaired) electrons. The third kappa shape index (κ3) is 5.03. The Morgan fingerprint density at radius 3 is 3.08 bits per heavy atom. The highest BCUT2D eigenvalue weighted by Crippen LogP contribution is 2.24. The van der Waals surface area contributed by atoms with E-state index in [1.807, 2.05) is 36.6 Å². The number of aromatic nitrogens is 1. The lowest BCUT2D eigenvalue weighted by Crippen LogP contribution is -2.42. The topological polar surface area (TPSA) is 63.7 Å². The van der Waals surface area contributed by atoms with Gasteiger partial charge in [0.15, 0.2) is 0 Å². The fourth-order valence-corrected chi connectivity index (χ4v) is 3.59. The molecular formula is C19H25N3O3S. The quantitative estimate of drug-likeness (QED) is 0.800. The van der Waals surface area contributed by atoms with Gasteiger partial charge in [0, 0.05) is 43.4 Å². The molecule has 3 rings (SSSR count). The van der Waals surface area contributed by atoms with Crippen LogP contribution in [-0.4, -0.2) is 55.4 Å². The van der Waals surface area contributed by atoms with Crippen LogP contribution in [0.2, 0.25) is 0 Å². The zero-order chi connectivity index (χ0) is 18.4. The molecule has 0 bridgehead atoms. The van der Waals surface area contributed by atoms with Gasteiger partial charge < -0.3 is 19.7 Å². The number of nitrogens with one attached hydrogen (secondary N) is 1. The smallest absolute Gasteiger partial charge is 0.322 e. The van der Waals surface area contributed by atoms with Crippen LogP contribution in [0, 0.1) is 6.92 Å². The zero-order valence-corrected chi connectivity index (χ0v) is 16.1. The molecule has 2 heterocycles. The average Bonchev–Trinajstić information content (AvgIpc) is 3.30. The number of hydrogen-bond acceptors (Lipinski definition) is 5. The average molecular weight is 375 g/mol. The van der Waals surface area contributed by atoms with Crippen LogP contribution in [0.5, 0.6) is 0 Å². The van der Waals surface area contributed by atoms with E-state index in [9.17, 15) is 4.79 Å². The molecule has 1 N–H and O–H groups in total. The summed E-state index contributed by atoms with van der Waals surface area (Å²) in [6, 6.07) is 7.64. The monoisotopic (exact) mass is 375 g/mol. The Kier molecular flexibility index (Phi) is 6.60. The number of benzene rings is 1. The van der Waals surface area contributed by atoms with Crippen molar-refractivity contribution in [3.63, 3.8) is 0 Å². The van der Waals surface area contributed by atoms with Crippen LogP contribution in [0.25, 0.3) is 11.3 Å². The van der Waals surface area contributed by atoms with Gasteiger partial charge in [0.25, 0.3) is 0 Å². The van der Waals surface area contributed by atoms with Crippen molar-refractivity contribution in [2.75, 3.05) is 38.7 Å². The highest BCUT2D eigenvalue weighted by molar-refractivity contribution is 7.09. The number of carbonyl (C=O) groups excluding carboxylic acids is 1. The number of rotatable bonds is 7. The van der Waals surface area contributed by atoms with Crippen LogP contribution in [0.1, 0.15) is 17.8 Å². The lowest BCUT2D eigenvalue weighted by Gasteiger charge is -2.25. The largest absolute Gasteiger partial charge is 0.383 e. The number of hydrogen-bond donors (Lipinski definition) is 1. The summed E-state index contributed by atoms with van der Waals surface area (Å²) in [5.41, 5.74) is 2.68. The van der Waals surface area contributed by atoms with Crippen molar-refractivity contribution in [1.82, 2.24) is 9.88 Å². The van der Waals surface area contributed by atoms with Gasteiger partial charge in [0.05, 0.1) is 23.4 Å². The maximum atomic E-state index is 12.7. The van der Waals surface area contributed by atoms with E-state index in [-0.39, 0.29) is 12.1 Å². The van der Waals surface area contributed by atoms with Crippen molar-refractivity contribution >= 4 is 23.1 Å². The van der Waals surface area contributed by atoms with Gasteiger partial charge in [-0.2, -0.15) is 0 Å². The Labute approximate surface area is 158 Å². The first kappa shape index (κ1) is 18.8. The second kappa shape index (κ2) is 9.12. The Balaban J connectivity index is 1.67. The second-order valence-electron chi connectivity index (χ2n) is 6.34. The maximum Gasteiger partial charge on any atom is 0.322 e. The fourth-order valence-electron chi connectivity index (χ4n) is 2.97. The van der Waals surface area contributed by atoms with Crippen LogP contribution in [0.15, 0.2) is 29.6 Å². The zero-order valence-electron chi connectivity index (χ0n) is 15.2. The van der Waals surface area contributed by atoms with Crippen molar-refractivity contribution in [3.05, 3.63) is 34.7 Å². The highest BCUT2D eigenvalue weighted by atomic mass is 32.1. The van der Waals surface area contributed by atoms with Crippen molar-refractivity contribution in [2.24, 2.45) is 0 Å². The number of urea groups is 1. The molecule has 1 aromatic carbocycles. The van der Waals surface area contributed by atoms with Crippen LogP contribution in [-0.2, 0) is 9.47 Å². The van der Waals surface area contributed by atoms with E-state index in [1.54, 1.807) is 23.3 Å². The maximum absolute atomic E-state index is 12.7. The molecule has 1 aromatic heterocycles. The lowest BCUT2D eigenvalue weighted by molar-refractivity contribution is 0.0747. The van der Waals surface area contributed by atoms with Gasteiger partial charge >= 0.3 is 6.03 Å². The van der Waals surface area contributed by atoms with E-state index in [2.05, 4.69) is 10.3 Å². The summed E-state index contributed by atoms with van der Waals surface area (Å²) in [6.45, 7) is 4.38. The van der Waals surface area contributed by atoms with Crippen LogP contribution in [0.4, 0.5) is 10.5 Å². The van der Waals surface area contributed by atoms with Crippen molar-refractivity contribution < 1.29 is 14.3 Å². The molecule has 2 aromatic rings. The highest BCUT2D eigenvalue weighted by Gasteiger charge is 2.22. The lowest BCUT2D eigenvalue weighted by atomic mass is 10.1. The van der Waals surface area contributed by atoms with E-state index in [4.69, 9.17) is 9.47 Å². The minimum absolute atomic E-state index is 0.113. The molecule has 0 spiro atoms. The summed E-state index contributed by atoms with van der Waals surface area (Å²) >= 11 is 1.62. The minimum Gasteiger partial charge on any atom is -0.383 e. The predicted molar refractivity (Wildman–Crippen MR) is 104 cm³/mol. The number of methoxy groups -OCH3 is 1. The molecule has 6 nitrogen and oxygen atoms in total. The molecular weight excluding hydrogens is 350 g/mol. The standard InChI is InChI=1S/C19H25N3O3S/c1-14-20-18(13-26-14)15-5-3-6-16(11-15)21-19(23)22(8-10-24-2)12-17-7-4-9-25-17/h3,5-6,11,13,17H,4,7-10,12H2,1-2H3,(H,21,23). The van der Waals surface area contributed by atoms with Gasteiger partial charge in [-0.15, -0.1) is 11.3 Å². The van der Waals surface area contributed by atoms with E-state index in [0.717, 1.165) is 41.4 Å². The van der Waals surface area contributed by atoms with E-state index in [0.29, 0.717) is 19.7 Å². The minimum atomic E-state index is -0.135. The first-order valence-electron chi connectivity index (χ1n) is 8.85. The molecule has 1 unspecified atom stereocenters. The molecule has 1 atom stereocenters.